The van der Waals surface area contributed by atoms with Gasteiger partial charge in [-0.15, -0.1) is 11.3 Å². The van der Waals surface area contributed by atoms with Crippen molar-refractivity contribution >= 4 is 29.0 Å². The molecule has 0 spiro atoms. The van der Waals surface area contributed by atoms with Crippen LogP contribution in [0.5, 0.6) is 0 Å². The second-order valence-corrected chi connectivity index (χ2v) is 10.2. The molecule has 1 aromatic heterocycles. The number of aliphatic hydroxyl groups excluding tert-OH is 1. The Morgan fingerprint density at radius 1 is 1.19 bits per heavy atom. The molecule has 36 heavy (non-hydrogen) atoms. The summed E-state index contributed by atoms with van der Waals surface area (Å²) in [5.41, 5.74) is 5.97. The number of aliphatic hydroxyl groups is 1. The van der Waals surface area contributed by atoms with E-state index >= 15 is 0 Å². The smallest absolute Gasteiger partial charge is 0.328 e. The number of carboxylic acid groups (broad SMARTS) is 1. The number of aliphatic carboxylic acids is 1. The van der Waals surface area contributed by atoms with Crippen LogP contribution in [0.1, 0.15) is 33.5 Å². The number of benzene rings is 2. The van der Waals surface area contributed by atoms with Crippen LogP contribution < -0.4 is 0 Å². The SMILES string of the molecule is Cc1ccc(-c2nc(C)c(C(O)N3COC4C=CC(c5cccc(/C=C/C(=O)O)c5)=CC4C3)s2)cc1. The lowest BCUT2D eigenvalue weighted by Gasteiger charge is -2.39. The third kappa shape index (κ3) is 5.24. The van der Waals surface area contributed by atoms with Crippen LogP contribution in [0.2, 0.25) is 0 Å². The van der Waals surface area contributed by atoms with Crippen LogP contribution in [-0.4, -0.2) is 45.4 Å². The molecule has 3 unspecified atom stereocenters. The van der Waals surface area contributed by atoms with E-state index < -0.39 is 12.2 Å². The molecule has 2 N–H and O–H groups in total. The summed E-state index contributed by atoms with van der Waals surface area (Å²) < 4.78 is 6.10. The molecular weight excluding hydrogens is 472 g/mol. The highest BCUT2D eigenvalue weighted by atomic mass is 32.1. The molecule has 1 fully saturated rings. The Kier molecular flexibility index (Phi) is 6.98. The third-order valence-corrected chi connectivity index (χ3v) is 7.76. The Morgan fingerprint density at radius 2 is 2.00 bits per heavy atom. The summed E-state index contributed by atoms with van der Waals surface area (Å²) in [7, 11) is 0. The fraction of sp³-hybridized carbons (Fsp3) is 0.241. The highest BCUT2D eigenvalue weighted by Crippen LogP contribution is 2.37. The van der Waals surface area contributed by atoms with E-state index in [0.717, 1.165) is 43.9 Å². The molecule has 5 rings (SSSR count). The summed E-state index contributed by atoms with van der Waals surface area (Å²) >= 11 is 1.52. The highest BCUT2D eigenvalue weighted by Gasteiger charge is 2.34. The van der Waals surface area contributed by atoms with Crippen LogP contribution >= 0.6 is 11.3 Å². The summed E-state index contributed by atoms with van der Waals surface area (Å²) in [6.45, 7) is 4.98. The number of thiazole rings is 1. The van der Waals surface area contributed by atoms with Gasteiger partial charge in [0.15, 0.2) is 0 Å². The van der Waals surface area contributed by atoms with Gasteiger partial charge < -0.3 is 14.9 Å². The van der Waals surface area contributed by atoms with Crippen LogP contribution in [0, 0.1) is 19.8 Å². The predicted octanol–water partition coefficient (Wildman–Crippen LogP) is 5.44. The number of aryl methyl sites for hydroxylation is 2. The van der Waals surface area contributed by atoms with Crippen LogP contribution in [0.15, 0.2) is 72.8 Å². The van der Waals surface area contributed by atoms with E-state index in [9.17, 15) is 9.90 Å². The van der Waals surface area contributed by atoms with Crippen molar-refractivity contribution in [3.8, 4) is 10.6 Å². The molecule has 3 atom stereocenters. The first-order chi connectivity index (χ1) is 17.4. The molecule has 1 aliphatic carbocycles. The van der Waals surface area contributed by atoms with Crippen molar-refractivity contribution in [3.05, 3.63) is 100 Å². The number of nitrogens with zero attached hydrogens (tertiary/aromatic N) is 2. The number of hydrogen-bond donors (Lipinski definition) is 2. The molecule has 0 amide bonds. The van der Waals surface area contributed by atoms with Crippen molar-refractivity contribution in [1.82, 2.24) is 9.88 Å². The highest BCUT2D eigenvalue weighted by molar-refractivity contribution is 7.15. The summed E-state index contributed by atoms with van der Waals surface area (Å²) in [6.07, 6.45) is 8.19. The second kappa shape index (κ2) is 10.3. The van der Waals surface area contributed by atoms with Crippen LogP contribution in [0.4, 0.5) is 0 Å². The number of allylic oxidation sites excluding steroid dienone is 2. The molecule has 7 heteroatoms. The van der Waals surface area contributed by atoms with Gasteiger partial charge in [0.25, 0.3) is 0 Å². The number of aromatic nitrogens is 1. The monoisotopic (exact) mass is 500 g/mol. The topological polar surface area (TPSA) is 82.9 Å². The average molecular weight is 501 g/mol. The zero-order valence-corrected chi connectivity index (χ0v) is 21.0. The average Bonchev–Trinajstić information content (AvgIpc) is 3.28. The fourth-order valence-electron chi connectivity index (χ4n) is 4.55. The Balaban J connectivity index is 1.33. The number of rotatable bonds is 6. The van der Waals surface area contributed by atoms with Gasteiger partial charge >= 0.3 is 5.97 Å². The van der Waals surface area contributed by atoms with Gasteiger partial charge in [0, 0.05) is 24.1 Å². The number of fused-ring (bicyclic) bond motifs is 1. The minimum Gasteiger partial charge on any atom is -0.478 e. The maximum atomic E-state index is 11.3. The van der Waals surface area contributed by atoms with Crippen LogP contribution in [-0.2, 0) is 9.53 Å². The summed E-state index contributed by atoms with van der Waals surface area (Å²) in [5.74, 6) is -0.892. The fourth-order valence-corrected chi connectivity index (χ4v) is 5.64. The Hall–Kier alpha value is -3.36. The standard InChI is InChI=1S/C29H28N2O4S/c1-18-6-9-21(10-7-18)28-30-19(2)27(36-28)29(34)31-16-24-15-23(11-12-25(24)35-17-31)22-5-3-4-20(14-22)8-13-26(32)33/h3-15,24-25,29,34H,16-17H2,1-2H3,(H,32,33)/b13-8+. The van der Waals surface area contributed by atoms with Crippen molar-refractivity contribution in [1.29, 1.82) is 0 Å². The van der Waals surface area contributed by atoms with Gasteiger partial charge in [0.2, 0.25) is 0 Å². The number of carbonyl (C=O) groups is 1. The van der Waals surface area contributed by atoms with Crippen LogP contribution in [0.25, 0.3) is 22.2 Å². The van der Waals surface area contributed by atoms with E-state index in [1.54, 1.807) is 6.08 Å². The Labute approximate surface area is 214 Å². The first kappa shape index (κ1) is 24.3. The molecule has 2 aromatic carbocycles. The normalized spacial score (nSPS) is 20.8. The molecule has 0 bridgehead atoms. The summed E-state index contributed by atoms with van der Waals surface area (Å²) in [5, 5.41) is 21.1. The van der Waals surface area contributed by atoms with E-state index in [2.05, 4.69) is 49.4 Å². The zero-order valence-electron chi connectivity index (χ0n) is 20.2. The van der Waals surface area contributed by atoms with Gasteiger partial charge in [-0.3, -0.25) is 0 Å². The Morgan fingerprint density at radius 3 is 2.78 bits per heavy atom. The zero-order chi connectivity index (χ0) is 25.2. The Bertz CT molecular complexity index is 1360. The number of hydrogen-bond acceptors (Lipinski definition) is 6. The van der Waals surface area contributed by atoms with E-state index in [1.807, 2.05) is 36.1 Å². The molecule has 6 nitrogen and oxygen atoms in total. The van der Waals surface area contributed by atoms with Crippen LogP contribution in [0.3, 0.4) is 0 Å². The van der Waals surface area contributed by atoms with Crippen molar-refractivity contribution in [2.75, 3.05) is 13.3 Å². The molecule has 2 aliphatic rings. The van der Waals surface area contributed by atoms with Gasteiger partial charge in [-0.05, 0) is 42.7 Å². The van der Waals surface area contributed by atoms with Crippen molar-refractivity contribution in [2.45, 2.75) is 26.2 Å². The number of carboxylic acids is 1. The molecular formula is C29H28N2O4S. The number of ether oxygens (including phenoxy) is 1. The van der Waals surface area contributed by atoms with E-state index in [-0.39, 0.29) is 12.0 Å². The van der Waals surface area contributed by atoms with E-state index in [0.29, 0.717) is 13.3 Å². The van der Waals surface area contributed by atoms with E-state index in [4.69, 9.17) is 14.8 Å². The molecule has 1 saturated heterocycles. The largest absolute Gasteiger partial charge is 0.478 e. The lowest BCUT2D eigenvalue weighted by Crippen LogP contribution is -2.45. The molecule has 3 aromatic rings. The molecule has 1 aliphatic heterocycles. The third-order valence-electron chi connectivity index (χ3n) is 6.51. The molecule has 184 valence electrons. The van der Waals surface area contributed by atoms with Gasteiger partial charge in [-0.25, -0.2) is 14.7 Å². The maximum Gasteiger partial charge on any atom is 0.328 e. The maximum absolute atomic E-state index is 11.3. The minimum atomic E-state index is -0.972. The summed E-state index contributed by atoms with van der Waals surface area (Å²) in [4.78, 5) is 18.4. The molecule has 0 radical (unpaired) electrons. The first-order valence-corrected chi connectivity index (χ1v) is 12.7. The summed E-state index contributed by atoms with van der Waals surface area (Å²) in [6, 6.07) is 16.0. The lowest BCUT2D eigenvalue weighted by molar-refractivity contribution is -0.135. The molecule has 0 saturated carbocycles. The van der Waals surface area contributed by atoms with Crippen molar-refractivity contribution in [2.24, 2.45) is 5.92 Å². The second-order valence-electron chi connectivity index (χ2n) is 9.18. The quantitative estimate of drug-likeness (QED) is 0.439. The van der Waals surface area contributed by atoms with Crippen molar-refractivity contribution < 1.29 is 19.7 Å². The van der Waals surface area contributed by atoms with Crippen molar-refractivity contribution in [3.63, 3.8) is 0 Å². The van der Waals surface area contributed by atoms with Gasteiger partial charge in [0.1, 0.15) is 18.0 Å². The predicted molar refractivity (Wildman–Crippen MR) is 142 cm³/mol. The molecule has 2 heterocycles. The van der Waals surface area contributed by atoms with Gasteiger partial charge in [-0.2, -0.15) is 0 Å². The minimum absolute atomic E-state index is 0.0436. The van der Waals surface area contributed by atoms with Gasteiger partial charge in [-0.1, -0.05) is 66.3 Å². The van der Waals surface area contributed by atoms with Gasteiger partial charge in [0.05, 0.1) is 16.7 Å². The first-order valence-electron chi connectivity index (χ1n) is 11.9. The lowest BCUT2D eigenvalue weighted by atomic mass is 9.88. The van der Waals surface area contributed by atoms with E-state index in [1.165, 1.54) is 16.9 Å².